The predicted octanol–water partition coefficient (Wildman–Crippen LogP) is 2.99. The van der Waals surface area contributed by atoms with Crippen molar-refractivity contribution >= 4 is 5.69 Å². The Morgan fingerprint density at radius 3 is 2.58 bits per heavy atom. The summed E-state index contributed by atoms with van der Waals surface area (Å²) >= 11 is 0. The number of aliphatic hydroxyl groups excluding tert-OH is 1. The van der Waals surface area contributed by atoms with Crippen LogP contribution in [0.2, 0.25) is 0 Å². The largest absolute Gasteiger partial charge is 0.388 e. The second-order valence-electron chi connectivity index (χ2n) is 5.46. The van der Waals surface area contributed by atoms with Crippen molar-refractivity contribution in [2.75, 3.05) is 31.7 Å². The van der Waals surface area contributed by atoms with E-state index in [1.165, 1.54) is 18.5 Å². The molecule has 0 amide bonds. The topological polar surface area (TPSA) is 32.7 Å². The van der Waals surface area contributed by atoms with E-state index in [4.69, 9.17) is 4.74 Å². The van der Waals surface area contributed by atoms with E-state index in [-0.39, 0.29) is 6.10 Å². The molecule has 0 aromatic heterocycles. The maximum absolute atomic E-state index is 9.76. The zero-order chi connectivity index (χ0) is 13.7. The number of anilines is 1. The standard InChI is InChI=1S/C16H25NO2/c1-3-16(18)14-6-8-15(9-7-14)17(2)10-11-19-12-13-4-5-13/h6-9,13,16,18H,3-5,10-12H2,1-2H3. The third-order valence-corrected chi connectivity index (χ3v) is 3.73. The first-order valence-electron chi connectivity index (χ1n) is 7.27. The first-order chi connectivity index (χ1) is 9.20. The SMILES string of the molecule is CCC(O)c1ccc(N(C)CCOCC2CC2)cc1. The molecular weight excluding hydrogens is 238 g/mol. The highest BCUT2D eigenvalue weighted by molar-refractivity contribution is 5.47. The molecule has 0 bridgehead atoms. The number of aliphatic hydroxyl groups is 1. The summed E-state index contributed by atoms with van der Waals surface area (Å²) in [7, 11) is 2.08. The Hall–Kier alpha value is -1.06. The lowest BCUT2D eigenvalue weighted by Crippen LogP contribution is -2.22. The lowest BCUT2D eigenvalue weighted by atomic mass is 10.1. The minimum Gasteiger partial charge on any atom is -0.388 e. The fourth-order valence-electron chi connectivity index (χ4n) is 2.05. The first kappa shape index (κ1) is 14.4. The maximum Gasteiger partial charge on any atom is 0.0787 e. The summed E-state index contributed by atoms with van der Waals surface area (Å²) in [4.78, 5) is 2.19. The van der Waals surface area contributed by atoms with Crippen LogP contribution in [0.15, 0.2) is 24.3 Å². The van der Waals surface area contributed by atoms with Crippen LogP contribution in [0.25, 0.3) is 0 Å². The van der Waals surface area contributed by atoms with Gasteiger partial charge in [0.1, 0.15) is 0 Å². The minimum atomic E-state index is -0.346. The fourth-order valence-corrected chi connectivity index (χ4v) is 2.05. The van der Waals surface area contributed by atoms with Gasteiger partial charge in [-0.15, -0.1) is 0 Å². The van der Waals surface area contributed by atoms with Gasteiger partial charge in [-0.1, -0.05) is 19.1 Å². The molecular formula is C16H25NO2. The highest BCUT2D eigenvalue weighted by Crippen LogP contribution is 2.28. The molecule has 0 aliphatic heterocycles. The summed E-state index contributed by atoms with van der Waals surface area (Å²) in [5.74, 6) is 0.833. The molecule has 0 spiro atoms. The van der Waals surface area contributed by atoms with Gasteiger partial charge in [0, 0.05) is 25.9 Å². The molecule has 0 radical (unpaired) electrons. The second kappa shape index (κ2) is 6.92. The van der Waals surface area contributed by atoms with Gasteiger partial charge in [-0.25, -0.2) is 0 Å². The third kappa shape index (κ3) is 4.51. The average molecular weight is 263 g/mol. The van der Waals surface area contributed by atoms with Crippen molar-refractivity contribution in [1.82, 2.24) is 0 Å². The highest BCUT2D eigenvalue weighted by Gasteiger charge is 2.20. The van der Waals surface area contributed by atoms with Crippen LogP contribution < -0.4 is 4.90 Å². The number of hydrogen-bond donors (Lipinski definition) is 1. The third-order valence-electron chi connectivity index (χ3n) is 3.73. The van der Waals surface area contributed by atoms with Crippen molar-refractivity contribution in [2.45, 2.75) is 32.3 Å². The van der Waals surface area contributed by atoms with Gasteiger partial charge < -0.3 is 14.7 Å². The van der Waals surface area contributed by atoms with E-state index < -0.39 is 0 Å². The van der Waals surface area contributed by atoms with E-state index in [1.807, 2.05) is 19.1 Å². The van der Waals surface area contributed by atoms with Crippen molar-refractivity contribution in [1.29, 1.82) is 0 Å². The number of likely N-dealkylation sites (N-methyl/N-ethyl adjacent to an activating group) is 1. The zero-order valence-corrected chi connectivity index (χ0v) is 12.0. The van der Waals surface area contributed by atoms with Crippen molar-refractivity contribution in [3.63, 3.8) is 0 Å². The molecule has 1 atom stereocenters. The number of benzene rings is 1. The van der Waals surface area contributed by atoms with Crippen molar-refractivity contribution in [2.24, 2.45) is 5.92 Å². The molecule has 1 aromatic carbocycles. The normalized spacial score (nSPS) is 16.4. The molecule has 3 heteroatoms. The quantitative estimate of drug-likeness (QED) is 0.732. The minimum absolute atomic E-state index is 0.346. The molecule has 3 nitrogen and oxygen atoms in total. The van der Waals surface area contributed by atoms with Crippen LogP contribution in [0.5, 0.6) is 0 Å². The Morgan fingerprint density at radius 2 is 2.00 bits per heavy atom. The van der Waals surface area contributed by atoms with E-state index in [9.17, 15) is 5.11 Å². The molecule has 106 valence electrons. The summed E-state index contributed by atoms with van der Waals surface area (Å²) in [6, 6.07) is 8.14. The van der Waals surface area contributed by atoms with Crippen LogP contribution in [0.3, 0.4) is 0 Å². The number of hydrogen-bond acceptors (Lipinski definition) is 3. The summed E-state index contributed by atoms with van der Waals surface area (Å²) < 4.78 is 5.65. The summed E-state index contributed by atoms with van der Waals surface area (Å²) in [6.45, 7) is 4.60. The van der Waals surface area contributed by atoms with Gasteiger partial charge in [-0.3, -0.25) is 0 Å². The van der Waals surface area contributed by atoms with Crippen molar-refractivity contribution in [3.05, 3.63) is 29.8 Å². The van der Waals surface area contributed by atoms with E-state index >= 15 is 0 Å². The predicted molar refractivity (Wildman–Crippen MR) is 78.5 cm³/mol. The highest BCUT2D eigenvalue weighted by atomic mass is 16.5. The Balaban J connectivity index is 1.75. The van der Waals surface area contributed by atoms with Crippen LogP contribution >= 0.6 is 0 Å². The molecule has 19 heavy (non-hydrogen) atoms. The van der Waals surface area contributed by atoms with Crippen LogP contribution in [0.4, 0.5) is 5.69 Å². The summed E-state index contributed by atoms with van der Waals surface area (Å²) in [5, 5.41) is 9.76. The van der Waals surface area contributed by atoms with Crippen LogP contribution in [-0.2, 0) is 4.74 Å². The Labute approximate surface area is 116 Å². The molecule has 1 unspecified atom stereocenters. The van der Waals surface area contributed by atoms with Gasteiger partial charge in [-0.05, 0) is 42.9 Å². The Morgan fingerprint density at radius 1 is 1.32 bits per heavy atom. The van der Waals surface area contributed by atoms with Crippen molar-refractivity contribution in [3.8, 4) is 0 Å². The van der Waals surface area contributed by atoms with Gasteiger partial charge in [0.2, 0.25) is 0 Å². The second-order valence-corrected chi connectivity index (χ2v) is 5.46. The lowest BCUT2D eigenvalue weighted by Gasteiger charge is -2.20. The lowest BCUT2D eigenvalue weighted by molar-refractivity contribution is 0.131. The monoisotopic (exact) mass is 263 g/mol. The van der Waals surface area contributed by atoms with Gasteiger partial charge in [0.05, 0.1) is 12.7 Å². The van der Waals surface area contributed by atoms with E-state index in [0.29, 0.717) is 0 Å². The van der Waals surface area contributed by atoms with Gasteiger partial charge >= 0.3 is 0 Å². The molecule has 0 heterocycles. The molecule has 1 saturated carbocycles. The molecule has 1 aromatic rings. The number of rotatable bonds is 8. The molecule has 1 N–H and O–H groups in total. The summed E-state index contributed by atoms with van der Waals surface area (Å²) in [5.41, 5.74) is 2.16. The fraction of sp³-hybridized carbons (Fsp3) is 0.625. The molecule has 1 aliphatic rings. The Bertz CT molecular complexity index is 373. The first-order valence-corrected chi connectivity index (χ1v) is 7.27. The van der Waals surface area contributed by atoms with Gasteiger partial charge in [-0.2, -0.15) is 0 Å². The smallest absolute Gasteiger partial charge is 0.0787 e. The zero-order valence-electron chi connectivity index (χ0n) is 12.0. The van der Waals surface area contributed by atoms with Crippen LogP contribution in [-0.4, -0.2) is 31.9 Å². The Kier molecular flexibility index (Phi) is 5.23. The van der Waals surface area contributed by atoms with Crippen LogP contribution in [0, 0.1) is 5.92 Å². The van der Waals surface area contributed by atoms with E-state index in [0.717, 1.165) is 37.7 Å². The van der Waals surface area contributed by atoms with Gasteiger partial charge in [0.25, 0.3) is 0 Å². The molecule has 2 rings (SSSR count). The average Bonchev–Trinajstić information content (AvgIpc) is 3.27. The number of nitrogens with zero attached hydrogens (tertiary/aromatic N) is 1. The summed E-state index contributed by atoms with van der Waals surface area (Å²) in [6.07, 6.45) is 3.10. The number of ether oxygens (including phenoxy) is 1. The maximum atomic E-state index is 9.76. The van der Waals surface area contributed by atoms with Crippen LogP contribution in [0.1, 0.15) is 37.9 Å². The molecule has 0 saturated heterocycles. The molecule has 1 fully saturated rings. The van der Waals surface area contributed by atoms with E-state index in [1.54, 1.807) is 0 Å². The molecule has 1 aliphatic carbocycles. The van der Waals surface area contributed by atoms with Gasteiger partial charge in [0.15, 0.2) is 0 Å². The van der Waals surface area contributed by atoms with Crippen molar-refractivity contribution < 1.29 is 9.84 Å². The van der Waals surface area contributed by atoms with E-state index in [2.05, 4.69) is 24.1 Å².